The second-order valence-corrected chi connectivity index (χ2v) is 7.08. The van der Waals surface area contributed by atoms with E-state index in [1.54, 1.807) is 15.9 Å². The molecule has 1 aromatic heterocycles. The van der Waals surface area contributed by atoms with E-state index < -0.39 is 0 Å². The van der Waals surface area contributed by atoms with Crippen molar-refractivity contribution in [2.45, 2.75) is 19.1 Å². The number of piperazine rings is 1. The predicted molar refractivity (Wildman–Crippen MR) is 111 cm³/mol. The fourth-order valence-electron chi connectivity index (χ4n) is 3.31. The second kappa shape index (κ2) is 9.89. The molecule has 1 saturated heterocycles. The maximum Gasteiger partial charge on any atom is 0.410 e. The van der Waals surface area contributed by atoms with Crippen molar-refractivity contribution in [3.63, 3.8) is 0 Å². The molecule has 2 aromatic carbocycles. The molecule has 0 aliphatic carbocycles. The molecule has 156 valence electrons. The monoisotopic (exact) mass is 407 g/mol. The normalized spacial score (nSPS) is 16.3. The topological polar surface area (TPSA) is 81.5 Å². The van der Waals surface area contributed by atoms with Gasteiger partial charge in [-0.3, -0.25) is 0 Å². The van der Waals surface area contributed by atoms with Crippen molar-refractivity contribution in [1.29, 1.82) is 0 Å². The van der Waals surface area contributed by atoms with Gasteiger partial charge in [0.25, 0.3) is 0 Å². The average molecular weight is 407 g/mol. The summed E-state index contributed by atoms with van der Waals surface area (Å²) in [6, 6.07) is 19.9. The molecular formula is C22H25N5O3. The third-order valence-electron chi connectivity index (χ3n) is 4.91. The number of carbonyl (C=O) groups is 1. The minimum Gasteiger partial charge on any atom is -0.462 e. The Morgan fingerprint density at radius 3 is 2.67 bits per heavy atom. The molecular weight excluding hydrogens is 382 g/mol. The van der Waals surface area contributed by atoms with Gasteiger partial charge in [0.15, 0.2) is 0 Å². The van der Waals surface area contributed by atoms with E-state index in [1.165, 1.54) is 0 Å². The Bertz CT molecular complexity index is 932. The van der Waals surface area contributed by atoms with Crippen molar-refractivity contribution in [3.05, 3.63) is 72.6 Å². The SMILES string of the molecule is O=C(OCc1ccccc1)N1CCN[C@H](CCOc2ncn(-c3ccccc3)n2)C1. The number of ether oxygens (including phenoxy) is 2. The van der Waals surface area contributed by atoms with Crippen LogP contribution >= 0.6 is 0 Å². The molecule has 0 spiro atoms. The zero-order valence-corrected chi connectivity index (χ0v) is 16.7. The largest absolute Gasteiger partial charge is 0.462 e. The number of nitrogens with one attached hydrogen (secondary N) is 1. The summed E-state index contributed by atoms with van der Waals surface area (Å²) in [7, 11) is 0. The molecule has 0 saturated carbocycles. The smallest absolute Gasteiger partial charge is 0.410 e. The highest BCUT2D eigenvalue weighted by atomic mass is 16.6. The van der Waals surface area contributed by atoms with Crippen molar-refractivity contribution < 1.29 is 14.3 Å². The van der Waals surface area contributed by atoms with E-state index in [2.05, 4.69) is 15.4 Å². The number of benzene rings is 2. The summed E-state index contributed by atoms with van der Waals surface area (Å²) in [4.78, 5) is 18.3. The van der Waals surface area contributed by atoms with Crippen LogP contribution in [-0.2, 0) is 11.3 Å². The lowest BCUT2D eigenvalue weighted by molar-refractivity contribution is 0.0825. The standard InChI is InChI=1S/C22H25N5O3/c28-22(30-16-18-7-3-1-4-8-18)26-13-12-23-19(15-26)11-14-29-21-24-17-27(25-21)20-9-5-2-6-10-20/h1-10,17,19,23H,11-16H2/t19-/m1/s1. The zero-order chi connectivity index (χ0) is 20.6. The molecule has 0 bridgehead atoms. The predicted octanol–water partition coefficient (Wildman–Crippen LogP) is 2.65. The zero-order valence-electron chi connectivity index (χ0n) is 16.7. The Hall–Kier alpha value is -3.39. The molecule has 1 aliphatic heterocycles. The highest BCUT2D eigenvalue weighted by molar-refractivity contribution is 5.67. The molecule has 2 heterocycles. The minimum atomic E-state index is -0.283. The van der Waals surface area contributed by atoms with E-state index in [0.29, 0.717) is 25.7 Å². The number of hydrogen-bond donors (Lipinski definition) is 1. The molecule has 30 heavy (non-hydrogen) atoms. The average Bonchev–Trinajstić information content (AvgIpc) is 3.28. The van der Waals surface area contributed by atoms with Gasteiger partial charge in [0, 0.05) is 25.7 Å². The molecule has 8 nitrogen and oxygen atoms in total. The van der Waals surface area contributed by atoms with Gasteiger partial charge >= 0.3 is 12.1 Å². The highest BCUT2D eigenvalue weighted by Gasteiger charge is 2.24. The van der Waals surface area contributed by atoms with Gasteiger partial charge < -0.3 is 19.7 Å². The first-order valence-corrected chi connectivity index (χ1v) is 10.1. The van der Waals surface area contributed by atoms with Crippen molar-refractivity contribution in [1.82, 2.24) is 25.0 Å². The van der Waals surface area contributed by atoms with Crippen molar-refractivity contribution in [2.24, 2.45) is 0 Å². The lowest BCUT2D eigenvalue weighted by Crippen LogP contribution is -2.53. The van der Waals surface area contributed by atoms with Crippen LogP contribution in [0.2, 0.25) is 0 Å². The molecule has 1 amide bonds. The third-order valence-corrected chi connectivity index (χ3v) is 4.91. The summed E-state index contributed by atoms with van der Waals surface area (Å²) in [6.45, 7) is 2.69. The van der Waals surface area contributed by atoms with E-state index >= 15 is 0 Å². The van der Waals surface area contributed by atoms with Crippen LogP contribution in [0.1, 0.15) is 12.0 Å². The number of carbonyl (C=O) groups excluding carboxylic acids is 1. The first kappa shape index (κ1) is 19.9. The molecule has 0 radical (unpaired) electrons. The number of amides is 1. The molecule has 4 rings (SSSR count). The van der Waals surface area contributed by atoms with Crippen LogP contribution in [0, 0.1) is 0 Å². The van der Waals surface area contributed by atoms with Gasteiger partial charge in [-0.15, -0.1) is 5.10 Å². The number of aromatic nitrogens is 3. The molecule has 8 heteroatoms. The molecule has 1 fully saturated rings. The lowest BCUT2D eigenvalue weighted by Gasteiger charge is -2.32. The fourth-order valence-corrected chi connectivity index (χ4v) is 3.31. The lowest BCUT2D eigenvalue weighted by atomic mass is 10.1. The number of nitrogens with zero attached hydrogens (tertiary/aromatic N) is 4. The quantitative estimate of drug-likeness (QED) is 0.649. The van der Waals surface area contributed by atoms with E-state index in [9.17, 15) is 4.79 Å². The summed E-state index contributed by atoms with van der Waals surface area (Å²) in [6.07, 6.45) is 2.09. The Balaban J connectivity index is 1.21. The van der Waals surface area contributed by atoms with E-state index in [1.807, 2.05) is 60.7 Å². The van der Waals surface area contributed by atoms with Crippen LogP contribution in [0.15, 0.2) is 67.0 Å². The van der Waals surface area contributed by atoms with Crippen LogP contribution < -0.4 is 10.1 Å². The summed E-state index contributed by atoms with van der Waals surface area (Å²) in [5, 5.41) is 7.76. The van der Waals surface area contributed by atoms with Gasteiger partial charge in [-0.2, -0.15) is 4.98 Å². The van der Waals surface area contributed by atoms with Gasteiger partial charge in [0.2, 0.25) is 0 Å². The number of rotatable bonds is 7. The molecule has 0 unspecified atom stereocenters. The highest BCUT2D eigenvalue weighted by Crippen LogP contribution is 2.11. The Kier molecular flexibility index (Phi) is 6.56. The van der Waals surface area contributed by atoms with Gasteiger partial charge in [-0.05, 0) is 24.1 Å². The first-order valence-electron chi connectivity index (χ1n) is 10.1. The summed E-state index contributed by atoms with van der Waals surface area (Å²) in [5.41, 5.74) is 1.91. The van der Waals surface area contributed by atoms with Crippen LogP contribution in [-0.4, -0.2) is 58.0 Å². The maximum absolute atomic E-state index is 12.4. The maximum atomic E-state index is 12.4. The number of hydrogen-bond acceptors (Lipinski definition) is 6. The first-order chi connectivity index (χ1) is 14.8. The van der Waals surface area contributed by atoms with Crippen molar-refractivity contribution in [3.8, 4) is 11.7 Å². The van der Waals surface area contributed by atoms with E-state index in [0.717, 1.165) is 24.2 Å². The fraction of sp³-hybridized carbons (Fsp3) is 0.318. The summed E-state index contributed by atoms with van der Waals surface area (Å²) >= 11 is 0. The van der Waals surface area contributed by atoms with Crippen LogP contribution in [0.4, 0.5) is 4.79 Å². The van der Waals surface area contributed by atoms with Gasteiger partial charge in [-0.1, -0.05) is 48.5 Å². The third kappa shape index (κ3) is 5.36. The number of para-hydroxylation sites is 1. The van der Waals surface area contributed by atoms with Gasteiger partial charge in [0.1, 0.15) is 12.9 Å². The Labute approximate surface area is 175 Å². The molecule has 1 N–H and O–H groups in total. The minimum absolute atomic E-state index is 0.138. The van der Waals surface area contributed by atoms with E-state index in [-0.39, 0.29) is 18.7 Å². The summed E-state index contributed by atoms with van der Waals surface area (Å²) in [5.74, 6) is 0. The molecule has 3 aromatic rings. The van der Waals surface area contributed by atoms with Gasteiger partial charge in [-0.25, -0.2) is 9.48 Å². The van der Waals surface area contributed by atoms with Crippen molar-refractivity contribution in [2.75, 3.05) is 26.2 Å². The molecule has 1 atom stereocenters. The van der Waals surface area contributed by atoms with Crippen LogP contribution in [0.5, 0.6) is 6.01 Å². The van der Waals surface area contributed by atoms with Crippen LogP contribution in [0.3, 0.4) is 0 Å². The van der Waals surface area contributed by atoms with Crippen LogP contribution in [0.25, 0.3) is 5.69 Å². The Morgan fingerprint density at radius 2 is 1.87 bits per heavy atom. The molecule has 1 aliphatic rings. The Morgan fingerprint density at radius 1 is 1.10 bits per heavy atom. The summed E-state index contributed by atoms with van der Waals surface area (Å²) < 4.78 is 12.8. The van der Waals surface area contributed by atoms with E-state index in [4.69, 9.17) is 9.47 Å². The van der Waals surface area contributed by atoms with Gasteiger partial charge in [0.05, 0.1) is 12.3 Å². The second-order valence-electron chi connectivity index (χ2n) is 7.08. The van der Waals surface area contributed by atoms with Crippen molar-refractivity contribution >= 4 is 6.09 Å².